The summed E-state index contributed by atoms with van der Waals surface area (Å²) in [6.07, 6.45) is 10.5. The summed E-state index contributed by atoms with van der Waals surface area (Å²) in [6.45, 7) is 0.771. The standard InChI is InChI=1S/C24H21N2O/c1-27-22-13-7-12-20-19(22)14-15-21-23(20)25-26(16-17-8-3-2-4-9-17)24(21)18-10-5-6-11-18/h2-13H,14-16H2,1H3. The van der Waals surface area contributed by atoms with Crippen LogP contribution in [0, 0.1) is 31.6 Å². The van der Waals surface area contributed by atoms with E-state index in [1.165, 1.54) is 33.9 Å². The highest BCUT2D eigenvalue weighted by Gasteiger charge is 2.32. The lowest BCUT2D eigenvalue weighted by atomic mass is 9.85. The molecule has 0 amide bonds. The fourth-order valence-corrected chi connectivity index (χ4v) is 4.16. The van der Waals surface area contributed by atoms with Gasteiger partial charge in [-0.3, -0.25) is 4.68 Å². The topological polar surface area (TPSA) is 27.1 Å². The minimum absolute atomic E-state index is 0.771. The summed E-state index contributed by atoms with van der Waals surface area (Å²) < 4.78 is 7.77. The normalized spacial score (nSPS) is 16.2. The van der Waals surface area contributed by atoms with Crippen LogP contribution < -0.4 is 4.74 Å². The first kappa shape index (κ1) is 16.6. The first-order valence-corrected chi connectivity index (χ1v) is 9.37. The second-order valence-corrected chi connectivity index (χ2v) is 6.98. The number of benzene rings is 2. The first-order valence-electron chi connectivity index (χ1n) is 9.37. The Morgan fingerprint density at radius 1 is 0.926 bits per heavy atom. The van der Waals surface area contributed by atoms with Gasteiger partial charge in [-0.2, -0.15) is 5.10 Å². The zero-order valence-corrected chi connectivity index (χ0v) is 15.4. The Kier molecular flexibility index (Phi) is 4.23. The van der Waals surface area contributed by atoms with E-state index in [9.17, 15) is 0 Å². The van der Waals surface area contributed by atoms with E-state index in [0.717, 1.165) is 30.8 Å². The molecule has 0 bridgehead atoms. The number of rotatable bonds is 4. The lowest BCUT2D eigenvalue weighted by Crippen LogP contribution is -2.12. The van der Waals surface area contributed by atoms with Gasteiger partial charge in [0.2, 0.25) is 0 Å². The zero-order valence-electron chi connectivity index (χ0n) is 15.4. The van der Waals surface area contributed by atoms with Crippen molar-refractivity contribution in [3.63, 3.8) is 0 Å². The summed E-state index contributed by atoms with van der Waals surface area (Å²) >= 11 is 0. The number of ether oxygens (including phenoxy) is 1. The molecule has 0 spiro atoms. The van der Waals surface area contributed by atoms with Gasteiger partial charge in [0.1, 0.15) is 5.75 Å². The molecule has 0 saturated heterocycles. The summed E-state index contributed by atoms with van der Waals surface area (Å²) in [6, 6.07) is 16.8. The quantitative estimate of drug-likeness (QED) is 0.692. The van der Waals surface area contributed by atoms with E-state index in [4.69, 9.17) is 9.84 Å². The Bertz CT molecular complexity index is 952. The molecule has 1 aromatic heterocycles. The van der Waals surface area contributed by atoms with Gasteiger partial charge in [0.15, 0.2) is 0 Å². The minimum Gasteiger partial charge on any atom is -0.496 e. The maximum absolute atomic E-state index is 5.60. The predicted octanol–water partition coefficient (Wildman–Crippen LogP) is 4.46. The highest BCUT2D eigenvalue weighted by Crippen LogP contribution is 2.42. The maximum atomic E-state index is 5.60. The first-order chi connectivity index (χ1) is 13.3. The van der Waals surface area contributed by atoms with Crippen molar-refractivity contribution in [3.05, 3.63) is 103 Å². The molecule has 0 unspecified atom stereocenters. The Labute approximate surface area is 161 Å². The monoisotopic (exact) mass is 353 g/mol. The van der Waals surface area contributed by atoms with Crippen LogP contribution in [0.2, 0.25) is 0 Å². The molecule has 3 heteroatoms. The second-order valence-electron chi connectivity index (χ2n) is 6.98. The number of methoxy groups -OCH3 is 1. The molecule has 0 atom stereocenters. The summed E-state index contributed by atoms with van der Waals surface area (Å²) in [5.41, 5.74) is 7.42. The van der Waals surface area contributed by atoms with Crippen molar-refractivity contribution in [1.82, 2.24) is 9.78 Å². The number of nitrogens with zero attached hydrogens (tertiary/aromatic N) is 2. The van der Waals surface area contributed by atoms with Gasteiger partial charge >= 0.3 is 0 Å². The van der Waals surface area contributed by atoms with Crippen molar-refractivity contribution in [1.29, 1.82) is 0 Å². The smallest absolute Gasteiger partial charge is 0.122 e. The van der Waals surface area contributed by atoms with Crippen LogP contribution in [0.15, 0.2) is 48.5 Å². The van der Waals surface area contributed by atoms with Crippen molar-refractivity contribution in [2.24, 2.45) is 0 Å². The third kappa shape index (κ3) is 2.86. The van der Waals surface area contributed by atoms with Crippen LogP contribution in [-0.4, -0.2) is 16.9 Å². The maximum Gasteiger partial charge on any atom is 0.122 e. The van der Waals surface area contributed by atoms with Crippen LogP contribution in [0.4, 0.5) is 0 Å². The van der Waals surface area contributed by atoms with Gasteiger partial charge in [0.05, 0.1) is 25.0 Å². The van der Waals surface area contributed by atoms with Crippen LogP contribution in [0.3, 0.4) is 0 Å². The summed E-state index contributed by atoms with van der Waals surface area (Å²) in [4.78, 5) is 0. The van der Waals surface area contributed by atoms with Gasteiger partial charge in [-0.15, -0.1) is 0 Å². The molecule has 0 aliphatic heterocycles. The average molecular weight is 353 g/mol. The highest BCUT2D eigenvalue weighted by atomic mass is 16.5. The Hall–Kier alpha value is -2.55. The van der Waals surface area contributed by atoms with Gasteiger partial charge in [0.25, 0.3) is 0 Å². The minimum atomic E-state index is 0.771. The van der Waals surface area contributed by atoms with Crippen molar-refractivity contribution >= 4 is 0 Å². The van der Waals surface area contributed by atoms with E-state index in [-0.39, 0.29) is 0 Å². The SMILES string of the molecule is COc1cccc2c1CCc1c-2nn(Cc2ccccc2)c1[C]1[CH][CH][CH][CH]1. The molecular formula is C24H21N2O. The molecule has 1 saturated carbocycles. The van der Waals surface area contributed by atoms with Gasteiger partial charge < -0.3 is 4.74 Å². The summed E-state index contributed by atoms with van der Waals surface area (Å²) in [5, 5.41) is 5.08. The highest BCUT2D eigenvalue weighted by molar-refractivity contribution is 5.74. The largest absolute Gasteiger partial charge is 0.496 e. The number of aromatic nitrogens is 2. The van der Waals surface area contributed by atoms with E-state index in [0.29, 0.717) is 0 Å². The molecule has 2 aromatic carbocycles. The van der Waals surface area contributed by atoms with E-state index < -0.39 is 0 Å². The molecule has 5 radical (unpaired) electrons. The molecule has 2 aliphatic carbocycles. The number of hydrogen-bond donors (Lipinski definition) is 0. The van der Waals surface area contributed by atoms with E-state index in [1.807, 2.05) is 6.07 Å². The van der Waals surface area contributed by atoms with Gasteiger partial charge in [-0.1, -0.05) is 42.5 Å². The van der Waals surface area contributed by atoms with Crippen LogP contribution in [0.25, 0.3) is 11.3 Å². The molecule has 0 N–H and O–H groups in total. The Morgan fingerprint density at radius 3 is 2.48 bits per heavy atom. The van der Waals surface area contributed by atoms with E-state index >= 15 is 0 Å². The van der Waals surface area contributed by atoms with Crippen molar-refractivity contribution in [2.75, 3.05) is 7.11 Å². The lowest BCUT2D eigenvalue weighted by molar-refractivity contribution is 0.409. The third-order valence-corrected chi connectivity index (χ3v) is 5.39. The molecule has 1 fully saturated rings. The number of hydrogen-bond acceptors (Lipinski definition) is 2. The van der Waals surface area contributed by atoms with Crippen molar-refractivity contribution < 1.29 is 4.74 Å². The summed E-state index contributed by atoms with van der Waals surface area (Å²) in [5.74, 6) is 2.21. The predicted molar refractivity (Wildman–Crippen MR) is 107 cm³/mol. The Balaban J connectivity index is 1.65. The molecule has 5 rings (SSSR count). The molecule has 133 valence electrons. The molecule has 2 aliphatic rings. The molecule has 3 nitrogen and oxygen atoms in total. The van der Waals surface area contributed by atoms with Crippen LogP contribution in [0.1, 0.15) is 22.4 Å². The van der Waals surface area contributed by atoms with E-state index in [2.05, 4.69) is 72.8 Å². The van der Waals surface area contributed by atoms with Gasteiger partial charge in [-0.05, 0) is 50.2 Å². The number of fused-ring (bicyclic) bond motifs is 3. The molecule has 27 heavy (non-hydrogen) atoms. The fraction of sp³-hybridized carbons (Fsp3) is 0.167. The van der Waals surface area contributed by atoms with Crippen molar-refractivity contribution in [2.45, 2.75) is 19.4 Å². The lowest BCUT2D eigenvalue weighted by Gasteiger charge is -2.20. The van der Waals surface area contributed by atoms with Crippen LogP contribution >= 0.6 is 0 Å². The van der Waals surface area contributed by atoms with Gasteiger partial charge in [-0.25, -0.2) is 0 Å². The third-order valence-electron chi connectivity index (χ3n) is 5.39. The molecule has 3 aromatic rings. The van der Waals surface area contributed by atoms with Crippen LogP contribution in [-0.2, 0) is 19.4 Å². The van der Waals surface area contributed by atoms with Crippen molar-refractivity contribution in [3.8, 4) is 17.0 Å². The second kappa shape index (κ2) is 6.88. The van der Waals surface area contributed by atoms with E-state index in [1.54, 1.807) is 7.11 Å². The van der Waals surface area contributed by atoms with Gasteiger partial charge in [0, 0.05) is 22.6 Å². The molecule has 1 heterocycles. The Morgan fingerprint density at radius 2 is 1.70 bits per heavy atom. The molecular weight excluding hydrogens is 332 g/mol. The fourth-order valence-electron chi connectivity index (χ4n) is 4.16. The zero-order chi connectivity index (χ0) is 18.2. The van der Waals surface area contributed by atoms with Crippen LogP contribution in [0.5, 0.6) is 5.75 Å². The summed E-state index contributed by atoms with van der Waals surface area (Å²) in [7, 11) is 1.74. The average Bonchev–Trinajstić information content (AvgIpc) is 3.35.